The summed E-state index contributed by atoms with van der Waals surface area (Å²) < 4.78 is 1.94. The van der Waals surface area contributed by atoms with E-state index < -0.39 is 0 Å². The third-order valence-electron chi connectivity index (χ3n) is 3.88. The number of aryl methyl sites for hydroxylation is 2. The van der Waals surface area contributed by atoms with E-state index in [2.05, 4.69) is 18.1 Å². The van der Waals surface area contributed by atoms with Gasteiger partial charge in [0.2, 0.25) is 0 Å². The lowest BCUT2D eigenvalue weighted by molar-refractivity contribution is 0.126. The van der Waals surface area contributed by atoms with Gasteiger partial charge in [-0.25, -0.2) is 0 Å². The zero-order chi connectivity index (χ0) is 10.8. The van der Waals surface area contributed by atoms with E-state index in [1.165, 1.54) is 18.5 Å². The Labute approximate surface area is 91.1 Å². The van der Waals surface area contributed by atoms with Gasteiger partial charge in [-0.15, -0.1) is 0 Å². The molecule has 15 heavy (non-hydrogen) atoms. The molecule has 2 rings (SSSR count). The maximum Gasteiger partial charge on any atom is 0.0568 e. The van der Waals surface area contributed by atoms with Crippen LogP contribution in [0.15, 0.2) is 12.3 Å². The van der Waals surface area contributed by atoms with E-state index in [0.717, 1.165) is 12.8 Å². The maximum atomic E-state index is 9.66. The molecule has 1 fully saturated rings. The summed E-state index contributed by atoms with van der Waals surface area (Å²) in [5.41, 5.74) is 1.29. The van der Waals surface area contributed by atoms with E-state index >= 15 is 0 Å². The van der Waals surface area contributed by atoms with Crippen molar-refractivity contribution < 1.29 is 5.11 Å². The standard InChI is InChI=1S/C12H20N2O/c1-9-10(4-6-12(9)15)3-5-11-7-8-13-14(11)2/h7-10,12,15H,3-6H2,1-2H3. The van der Waals surface area contributed by atoms with Crippen molar-refractivity contribution in [2.45, 2.75) is 38.7 Å². The third-order valence-corrected chi connectivity index (χ3v) is 3.88. The van der Waals surface area contributed by atoms with Crippen LogP contribution in [0.5, 0.6) is 0 Å². The third kappa shape index (κ3) is 2.23. The van der Waals surface area contributed by atoms with Crippen LogP contribution in [-0.2, 0) is 13.5 Å². The quantitative estimate of drug-likeness (QED) is 0.822. The molecular weight excluding hydrogens is 188 g/mol. The van der Waals surface area contributed by atoms with Gasteiger partial charge in [-0.3, -0.25) is 4.68 Å². The molecule has 3 atom stereocenters. The summed E-state index contributed by atoms with van der Waals surface area (Å²) in [6, 6.07) is 2.08. The lowest BCUT2D eigenvalue weighted by Crippen LogP contribution is -2.16. The predicted molar refractivity (Wildman–Crippen MR) is 59.4 cm³/mol. The van der Waals surface area contributed by atoms with Gasteiger partial charge in [0.05, 0.1) is 6.10 Å². The van der Waals surface area contributed by atoms with Crippen molar-refractivity contribution in [2.24, 2.45) is 18.9 Å². The van der Waals surface area contributed by atoms with Crippen molar-refractivity contribution >= 4 is 0 Å². The Morgan fingerprint density at radius 1 is 1.53 bits per heavy atom. The molecule has 1 aliphatic rings. The normalized spacial score (nSPS) is 31.0. The van der Waals surface area contributed by atoms with Gasteiger partial charge in [0.15, 0.2) is 0 Å². The number of aromatic nitrogens is 2. The van der Waals surface area contributed by atoms with E-state index in [9.17, 15) is 5.11 Å². The average Bonchev–Trinajstić information content (AvgIpc) is 2.74. The second kappa shape index (κ2) is 4.35. The Balaban J connectivity index is 1.86. The first kappa shape index (κ1) is 10.7. The van der Waals surface area contributed by atoms with E-state index in [1.54, 1.807) is 0 Å². The second-order valence-electron chi connectivity index (χ2n) is 4.75. The highest BCUT2D eigenvalue weighted by Gasteiger charge is 2.30. The molecule has 1 aromatic rings. The van der Waals surface area contributed by atoms with Crippen LogP contribution in [0.25, 0.3) is 0 Å². The molecule has 0 saturated heterocycles. The van der Waals surface area contributed by atoms with Crippen molar-refractivity contribution in [1.29, 1.82) is 0 Å². The molecule has 0 bridgehead atoms. The highest BCUT2D eigenvalue weighted by molar-refractivity contribution is 5.00. The molecule has 1 aliphatic carbocycles. The molecule has 1 saturated carbocycles. The molecule has 0 radical (unpaired) electrons. The molecule has 0 amide bonds. The lowest BCUT2D eigenvalue weighted by Gasteiger charge is -2.17. The molecule has 3 heteroatoms. The summed E-state index contributed by atoms with van der Waals surface area (Å²) in [4.78, 5) is 0. The number of aliphatic hydroxyl groups is 1. The van der Waals surface area contributed by atoms with Crippen LogP contribution < -0.4 is 0 Å². The van der Waals surface area contributed by atoms with Gasteiger partial charge in [-0.2, -0.15) is 5.10 Å². The van der Waals surface area contributed by atoms with E-state index in [1.807, 2.05) is 17.9 Å². The zero-order valence-electron chi connectivity index (χ0n) is 9.56. The summed E-state index contributed by atoms with van der Waals surface area (Å²) >= 11 is 0. The van der Waals surface area contributed by atoms with Gasteiger partial charge < -0.3 is 5.11 Å². The smallest absolute Gasteiger partial charge is 0.0568 e. The molecule has 84 valence electrons. The molecule has 0 spiro atoms. The Hall–Kier alpha value is -0.830. The highest BCUT2D eigenvalue weighted by atomic mass is 16.3. The molecule has 1 heterocycles. The fourth-order valence-corrected chi connectivity index (χ4v) is 2.61. The summed E-state index contributed by atoms with van der Waals surface area (Å²) in [5, 5.41) is 13.8. The van der Waals surface area contributed by atoms with Crippen LogP contribution in [-0.4, -0.2) is 21.0 Å². The fourth-order valence-electron chi connectivity index (χ4n) is 2.61. The minimum Gasteiger partial charge on any atom is -0.393 e. The molecule has 3 unspecified atom stereocenters. The van der Waals surface area contributed by atoms with Crippen LogP contribution >= 0.6 is 0 Å². The van der Waals surface area contributed by atoms with E-state index in [0.29, 0.717) is 11.8 Å². The summed E-state index contributed by atoms with van der Waals surface area (Å²) in [5.74, 6) is 1.16. The molecule has 3 nitrogen and oxygen atoms in total. The largest absolute Gasteiger partial charge is 0.393 e. The monoisotopic (exact) mass is 208 g/mol. The minimum atomic E-state index is -0.0680. The minimum absolute atomic E-state index is 0.0680. The van der Waals surface area contributed by atoms with Crippen molar-refractivity contribution in [1.82, 2.24) is 9.78 Å². The van der Waals surface area contributed by atoms with Crippen LogP contribution in [0, 0.1) is 11.8 Å². The van der Waals surface area contributed by atoms with Gasteiger partial charge >= 0.3 is 0 Å². The lowest BCUT2D eigenvalue weighted by atomic mass is 9.92. The maximum absolute atomic E-state index is 9.66. The van der Waals surface area contributed by atoms with Crippen molar-refractivity contribution in [2.75, 3.05) is 0 Å². The first-order valence-corrected chi connectivity index (χ1v) is 5.83. The number of aliphatic hydroxyl groups excluding tert-OH is 1. The van der Waals surface area contributed by atoms with Crippen LogP contribution in [0.1, 0.15) is 31.9 Å². The van der Waals surface area contributed by atoms with Crippen molar-refractivity contribution in [3.05, 3.63) is 18.0 Å². The van der Waals surface area contributed by atoms with E-state index in [-0.39, 0.29) is 6.10 Å². The molecule has 0 aliphatic heterocycles. The van der Waals surface area contributed by atoms with Crippen molar-refractivity contribution in [3.63, 3.8) is 0 Å². The van der Waals surface area contributed by atoms with Gasteiger partial charge in [-0.05, 0) is 43.6 Å². The zero-order valence-corrected chi connectivity index (χ0v) is 9.56. The van der Waals surface area contributed by atoms with Gasteiger partial charge in [-0.1, -0.05) is 6.92 Å². The number of rotatable bonds is 3. The number of hydrogen-bond acceptors (Lipinski definition) is 2. The Morgan fingerprint density at radius 3 is 2.87 bits per heavy atom. The van der Waals surface area contributed by atoms with Gasteiger partial charge in [0.25, 0.3) is 0 Å². The van der Waals surface area contributed by atoms with Crippen molar-refractivity contribution in [3.8, 4) is 0 Å². The summed E-state index contributed by atoms with van der Waals surface area (Å²) in [6.07, 6.45) is 6.21. The topological polar surface area (TPSA) is 38.1 Å². The first-order valence-electron chi connectivity index (χ1n) is 5.83. The predicted octanol–water partition coefficient (Wildman–Crippen LogP) is 1.76. The highest BCUT2D eigenvalue weighted by Crippen LogP contribution is 2.34. The van der Waals surface area contributed by atoms with E-state index in [4.69, 9.17) is 0 Å². The number of hydrogen-bond donors (Lipinski definition) is 1. The van der Waals surface area contributed by atoms with Crippen LogP contribution in [0.4, 0.5) is 0 Å². The molecular formula is C12H20N2O. The Kier molecular flexibility index (Phi) is 3.10. The fraction of sp³-hybridized carbons (Fsp3) is 0.750. The molecule has 1 aromatic heterocycles. The first-order chi connectivity index (χ1) is 7.18. The number of nitrogens with zero attached hydrogens (tertiary/aromatic N) is 2. The van der Waals surface area contributed by atoms with Crippen LogP contribution in [0.2, 0.25) is 0 Å². The summed E-state index contributed by atoms with van der Waals surface area (Å²) in [7, 11) is 1.99. The Bertz CT molecular complexity index is 321. The average molecular weight is 208 g/mol. The second-order valence-corrected chi connectivity index (χ2v) is 4.75. The summed E-state index contributed by atoms with van der Waals surface area (Å²) in [6.45, 7) is 2.17. The van der Waals surface area contributed by atoms with Gasteiger partial charge in [0, 0.05) is 18.9 Å². The van der Waals surface area contributed by atoms with Crippen LogP contribution in [0.3, 0.4) is 0 Å². The molecule has 0 aromatic carbocycles. The molecule has 1 N–H and O–H groups in total. The SMILES string of the molecule is CC1C(O)CCC1CCc1ccnn1C. The van der Waals surface area contributed by atoms with Gasteiger partial charge in [0.1, 0.15) is 0 Å². The Morgan fingerprint density at radius 2 is 2.33 bits per heavy atom.